The Kier molecular flexibility index (Phi) is 3.90. The maximum absolute atomic E-state index is 9.61. The second-order valence-electron chi connectivity index (χ2n) is 5.35. The highest BCUT2D eigenvalue weighted by molar-refractivity contribution is 7.98. The minimum Gasteiger partial charge on any atom is -0.337 e. The van der Waals surface area contributed by atoms with Gasteiger partial charge in [0.2, 0.25) is 0 Å². The Hall–Kier alpha value is -1.92. The average Bonchev–Trinajstić information content (AvgIpc) is 2.54. The van der Waals surface area contributed by atoms with E-state index in [4.69, 9.17) is 0 Å². The topological polar surface area (TPSA) is 27.0 Å². The number of hydrogen-bond acceptors (Lipinski definition) is 3. The fraction of sp³-hybridized carbons (Fsp3) is 0.278. The Morgan fingerprint density at radius 2 is 1.90 bits per heavy atom. The van der Waals surface area contributed by atoms with Gasteiger partial charge in [0.05, 0.1) is 11.3 Å². The van der Waals surface area contributed by atoms with Gasteiger partial charge in [0, 0.05) is 16.6 Å². The summed E-state index contributed by atoms with van der Waals surface area (Å²) < 4.78 is 0. The first kappa shape index (κ1) is 14.0. The van der Waals surface area contributed by atoms with Crippen LogP contribution in [0.2, 0.25) is 0 Å². The Bertz CT molecular complexity index is 703. The number of para-hydroxylation sites is 1. The molecule has 2 aromatic carbocycles. The average molecular weight is 294 g/mol. The number of aryl methyl sites for hydroxylation is 1. The van der Waals surface area contributed by atoms with Crippen LogP contribution in [-0.2, 0) is 6.42 Å². The van der Waals surface area contributed by atoms with Crippen molar-refractivity contribution in [2.75, 3.05) is 11.2 Å². The summed E-state index contributed by atoms with van der Waals surface area (Å²) in [5, 5.41) is 9.61. The molecule has 3 rings (SSSR count). The molecular weight excluding hydrogens is 276 g/mol. The molecular formula is C18H18N2S. The highest BCUT2D eigenvalue weighted by Crippen LogP contribution is 2.40. The summed E-state index contributed by atoms with van der Waals surface area (Å²) >= 11 is 1.63. The Balaban J connectivity index is 2.19. The van der Waals surface area contributed by atoms with Gasteiger partial charge in [0.25, 0.3) is 0 Å². The number of anilines is 2. The van der Waals surface area contributed by atoms with Crippen LogP contribution in [0.1, 0.15) is 24.5 Å². The van der Waals surface area contributed by atoms with Gasteiger partial charge in [-0.15, -0.1) is 11.8 Å². The van der Waals surface area contributed by atoms with Crippen LogP contribution in [0.4, 0.5) is 11.4 Å². The van der Waals surface area contributed by atoms with Crippen molar-refractivity contribution in [2.45, 2.75) is 30.7 Å². The predicted molar refractivity (Wildman–Crippen MR) is 89.3 cm³/mol. The summed E-state index contributed by atoms with van der Waals surface area (Å²) in [5.41, 5.74) is 4.43. The maximum Gasteiger partial charge on any atom is 0.103 e. The smallest absolute Gasteiger partial charge is 0.103 e. The fourth-order valence-electron chi connectivity index (χ4n) is 3.06. The summed E-state index contributed by atoms with van der Waals surface area (Å²) in [4.78, 5) is 3.38. The first-order chi connectivity index (χ1) is 10.3. The third kappa shape index (κ3) is 2.41. The molecule has 2 aromatic rings. The standard InChI is InChI=1S/C18H18N2S/c1-13-10-11-14-6-3-4-7-16(14)20(13)17-8-5-9-18(21-2)15(17)12-19/h3-9,13H,10-11H2,1-2H3. The molecule has 0 fully saturated rings. The molecule has 0 bridgehead atoms. The minimum atomic E-state index is 0.407. The van der Waals surface area contributed by atoms with Gasteiger partial charge in [-0.25, -0.2) is 0 Å². The van der Waals surface area contributed by atoms with E-state index in [1.807, 2.05) is 18.4 Å². The lowest BCUT2D eigenvalue weighted by atomic mass is 9.95. The van der Waals surface area contributed by atoms with Gasteiger partial charge < -0.3 is 4.90 Å². The normalized spacial score (nSPS) is 17.2. The molecule has 0 saturated carbocycles. The Morgan fingerprint density at radius 1 is 1.14 bits per heavy atom. The molecule has 0 N–H and O–H groups in total. The van der Waals surface area contributed by atoms with Crippen molar-refractivity contribution in [1.82, 2.24) is 0 Å². The minimum absolute atomic E-state index is 0.407. The van der Waals surface area contributed by atoms with E-state index in [-0.39, 0.29) is 0 Å². The van der Waals surface area contributed by atoms with E-state index < -0.39 is 0 Å². The van der Waals surface area contributed by atoms with Crippen LogP contribution in [-0.4, -0.2) is 12.3 Å². The molecule has 0 aromatic heterocycles. The van der Waals surface area contributed by atoms with E-state index in [2.05, 4.69) is 48.2 Å². The summed E-state index contributed by atoms with van der Waals surface area (Å²) in [7, 11) is 0. The van der Waals surface area contributed by atoms with Crippen molar-refractivity contribution in [3.05, 3.63) is 53.6 Å². The number of rotatable bonds is 2. The van der Waals surface area contributed by atoms with E-state index in [9.17, 15) is 5.26 Å². The lowest BCUT2D eigenvalue weighted by Crippen LogP contribution is -2.33. The lowest BCUT2D eigenvalue weighted by Gasteiger charge is -2.37. The Labute approximate surface area is 130 Å². The van der Waals surface area contributed by atoms with E-state index >= 15 is 0 Å². The van der Waals surface area contributed by atoms with Gasteiger partial charge in [0.1, 0.15) is 6.07 Å². The molecule has 1 aliphatic rings. The number of nitriles is 1. The monoisotopic (exact) mass is 294 g/mol. The van der Waals surface area contributed by atoms with Crippen molar-refractivity contribution in [3.63, 3.8) is 0 Å². The molecule has 0 radical (unpaired) electrons. The van der Waals surface area contributed by atoms with Crippen LogP contribution in [0.25, 0.3) is 0 Å². The van der Waals surface area contributed by atoms with Crippen molar-refractivity contribution < 1.29 is 0 Å². The molecule has 21 heavy (non-hydrogen) atoms. The molecule has 0 amide bonds. The summed E-state index contributed by atoms with van der Waals surface area (Å²) in [5.74, 6) is 0. The third-order valence-corrected chi connectivity index (χ3v) is 4.90. The van der Waals surface area contributed by atoms with E-state index in [1.165, 1.54) is 11.3 Å². The van der Waals surface area contributed by atoms with E-state index in [1.54, 1.807) is 11.8 Å². The molecule has 0 spiro atoms. The molecule has 3 heteroatoms. The van der Waals surface area contributed by atoms with Crippen LogP contribution in [0.3, 0.4) is 0 Å². The highest BCUT2D eigenvalue weighted by atomic mass is 32.2. The van der Waals surface area contributed by atoms with Crippen molar-refractivity contribution in [3.8, 4) is 6.07 Å². The molecule has 1 atom stereocenters. The van der Waals surface area contributed by atoms with Gasteiger partial charge in [-0.2, -0.15) is 5.26 Å². The summed E-state index contributed by atoms with van der Waals surface area (Å²) in [6.07, 6.45) is 4.25. The Morgan fingerprint density at radius 3 is 2.67 bits per heavy atom. The lowest BCUT2D eigenvalue weighted by molar-refractivity contribution is 0.617. The first-order valence-corrected chi connectivity index (χ1v) is 8.43. The van der Waals surface area contributed by atoms with Crippen LogP contribution >= 0.6 is 11.8 Å². The molecule has 106 valence electrons. The molecule has 1 unspecified atom stereocenters. The quantitative estimate of drug-likeness (QED) is 0.748. The van der Waals surface area contributed by atoms with Gasteiger partial charge in [-0.3, -0.25) is 0 Å². The van der Waals surface area contributed by atoms with Crippen molar-refractivity contribution in [2.24, 2.45) is 0 Å². The maximum atomic E-state index is 9.61. The molecule has 0 saturated heterocycles. The molecule has 2 nitrogen and oxygen atoms in total. The van der Waals surface area contributed by atoms with Gasteiger partial charge in [-0.1, -0.05) is 24.3 Å². The SMILES string of the molecule is CSc1cccc(N2c3ccccc3CCC2C)c1C#N. The first-order valence-electron chi connectivity index (χ1n) is 7.20. The molecule has 1 heterocycles. The molecule has 1 aliphatic heterocycles. The van der Waals surface area contributed by atoms with Gasteiger partial charge in [-0.05, 0) is 49.8 Å². The number of benzene rings is 2. The number of thioether (sulfide) groups is 1. The summed E-state index contributed by atoms with van der Waals surface area (Å²) in [6.45, 7) is 2.24. The van der Waals surface area contributed by atoms with Crippen LogP contribution in [0, 0.1) is 11.3 Å². The largest absolute Gasteiger partial charge is 0.337 e. The predicted octanol–water partition coefficient (Wildman–Crippen LogP) is 4.75. The zero-order valence-electron chi connectivity index (χ0n) is 12.3. The number of fused-ring (bicyclic) bond motifs is 1. The van der Waals surface area contributed by atoms with Crippen molar-refractivity contribution >= 4 is 23.1 Å². The van der Waals surface area contributed by atoms with Gasteiger partial charge >= 0.3 is 0 Å². The van der Waals surface area contributed by atoms with E-state index in [0.29, 0.717) is 6.04 Å². The zero-order chi connectivity index (χ0) is 14.8. The van der Waals surface area contributed by atoms with Gasteiger partial charge in [0.15, 0.2) is 0 Å². The van der Waals surface area contributed by atoms with Crippen LogP contribution in [0.5, 0.6) is 0 Å². The summed E-state index contributed by atoms with van der Waals surface area (Å²) in [6, 6.07) is 17.5. The van der Waals surface area contributed by atoms with Crippen molar-refractivity contribution in [1.29, 1.82) is 5.26 Å². The number of hydrogen-bond donors (Lipinski definition) is 0. The second-order valence-corrected chi connectivity index (χ2v) is 6.20. The number of nitrogens with zero attached hydrogens (tertiary/aromatic N) is 2. The highest BCUT2D eigenvalue weighted by Gasteiger charge is 2.26. The second kappa shape index (κ2) is 5.83. The third-order valence-electron chi connectivity index (χ3n) is 4.12. The molecule has 0 aliphatic carbocycles. The van der Waals surface area contributed by atoms with Crippen LogP contribution in [0.15, 0.2) is 47.4 Å². The zero-order valence-corrected chi connectivity index (χ0v) is 13.2. The fourth-order valence-corrected chi connectivity index (χ4v) is 3.63. The van der Waals surface area contributed by atoms with E-state index in [0.717, 1.165) is 29.0 Å². The van der Waals surface area contributed by atoms with Crippen LogP contribution < -0.4 is 4.90 Å².